The van der Waals surface area contributed by atoms with E-state index in [1.165, 1.54) is 19.2 Å². The maximum Gasteiger partial charge on any atom is 0.246 e. The van der Waals surface area contributed by atoms with E-state index in [2.05, 4.69) is 0 Å². The minimum atomic E-state index is -3.90. The Morgan fingerprint density at radius 3 is 2.25 bits per heavy atom. The molecular weight excluding hydrogens is 306 g/mol. The van der Waals surface area contributed by atoms with Crippen molar-refractivity contribution in [3.63, 3.8) is 0 Å². The van der Waals surface area contributed by atoms with Crippen LogP contribution in [0.15, 0.2) is 17.0 Å². The number of hydrogen-bond donors (Lipinski definition) is 2. The summed E-state index contributed by atoms with van der Waals surface area (Å²) < 4.78 is 31.1. The highest BCUT2D eigenvalue weighted by molar-refractivity contribution is 7.89. The number of sulfonamides is 1. The minimum absolute atomic E-state index is 0.0856. The summed E-state index contributed by atoms with van der Waals surface area (Å²) in [6.07, 6.45) is 0. The van der Waals surface area contributed by atoms with Crippen LogP contribution >= 0.6 is 11.6 Å². The molecule has 1 aromatic carbocycles. The van der Waals surface area contributed by atoms with E-state index in [-0.39, 0.29) is 36.9 Å². The Morgan fingerprint density at radius 1 is 1.25 bits per heavy atom. The number of rotatable bonds is 7. The van der Waals surface area contributed by atoms with Gasteiger partial charge in [-0.3, -0.25) is 0 Å². The first-order chi connectivity index (χ1) is 9.38. The number of ether oxygens (including phenoxy) is 1. The number of halogens is 1. The second-order valence-corrected chi connectivity index (χ2v) is 6.42. The first-order valence-corrected chi connectivity index (χ1v) is 7.76. The van der Waals surface area contributed by atoms with Crippen LogP contribution in [0.25, 0.3) is 0 Å². The Hall–Kier alpha value is -0.860. The van der Waals surface area contributed by atoms with Gasteiger partial charge in [0.25, 0.3) is 0 Å². The van der Waals surface area contributed by atoms with Gasteiger partial charge < -0.3 is 14.9 Å². The molecule has 0 radical (unpaired) electrons. The van der Waals surface area contributed by atoms with E-state index in [4.69, 9.17) is 26.6 Å². The highest BCUT2D eigenvalue weighted by Crippen LogP contribution is 2.31. The van der Waals surface area contributed by atoms with Gasteiger partial charge in [0.15, 0.2) is 0 Å². The van der Waals surface area contributed by atoms with Gasteiger partial charge in [-0.25, -0.2) is 8.42 Å². The molecule has 1 aromatic rings. The topological polar surface area (TPSA) is 87.1 Å². The minimum Gasteiger partial charge on any atom is -0.495 e. The number of nitrogens with zero attached hydrogens (tertiary/aromatic N) is 1. The van der Waals surface area contributed by atoms with Crippen LogP contribution in [0.5, 0.6) is 5.75 Å². The van der Waals surface area contributed by atoms with E-state index >= 15 is 0 Å². The lowest BCUT2D eigenvalue weighted by molar-refractivity contribution is 0.217. The van der Waals surface area contributed by atoms with Gasteiger partial charge in [-0.15, -0.1) is 0 Å². The third-order valence-corrected chi connectivity index (χ3v) is 5.09. The lowest BCUT2D eigenvalue weighted by atomic mass is 10.2. The zero-order chi connectivity index (χ0) is 15.3. The van der Waals surface area contributed by atoms with E-state index in [0.717, 1.165) is 4.31 Å². The van der Waals surface area contributed by atoms with Crippen LogP contribution in [-0.2, 0) is 10.0 Å². The molecule has 0 heterocycles. The predicted molar refractivity (Wildman–Crippen MR) is 75.7 cm³/mol. The molecule has 2 N–H and O–H groups in total. The average molecular weight is 324 g/mol. The van der Waals surface area contributed by atoms with Gasteiger partial charge in [0.1, 0.15) is 10.6 Å². The van der Waals surface area contributed by atoms with Crippen LogP contribution < -0.4 is 4.74 Å². The van der Waals surface area contributed by atoms with Gasteiger partial charge in [0, 0.05) is 18.1 Å². The van der Waals surface area contributed by atoms with Gasteiger partial charge >= 0.3 is 0 Å². The Balaban J connectivity index is 3.36. The maximum atomic E-state index is 12.5. The molecule has 0 spiro atoms. The van der Waals surface area contributed by atoms with Gasteiger partial charge in [0.2, 0.25) is 10.0 Å². The second-order valence-electron chi connectivity index (χ2n) is 4.10. The molecule has 0 amide bonds. The van der Waals surface area contributed by atoms with Crippen LogP contribution in [-0.4, -0.2) is 56.3 Å². The van der Waals surface area contributed by atoms with Crippen molar-refractivity contribution in [1.82, 2.24) is 4.31 Å². The number of benzene rings is 1. The molecule has 0 saturated heterocycles. The number of aryl methyl sites for hydroxylation is 1. The smallest absolute Gasteiger partial charge is 0.246 e. The highest BCUT2D eigenvalue weighted by Gasteiger charge is 2.27. The first-order valence-electron chi connectivity index (χ1n) is 5.94. The van der Waals surface area contributed by atoms with Crippen LogP contribution in [0.4, 0.5) is 0 Å². The third kappa shape index (κ3) is 3.62. The van der Waals surface area contributed by atoms with Crippen LogP contribution in [0.1, 0.15) is 5.56 Å². The van der Waals surface area contributed by atoms with Gasteiger partial charge in [-0.05, 0) is 24.6 Å². The molecule has 20 heavy (non-hydrogen) atoms. The van der Waals surface area contributed by atoms with E-state index in [0.29, 0.717) is 10.6 Å². The summed E-state index contributed by atoms with van der Waals surface area (Å²) in [5.41, 5.74) is 0.693. The molecular formula is C12H18ClNO5S. The van der Waals surface area contributed by atoms with Crippen molar-refractivity contribution in [3.8, 4) is 5.75 Å². The predicted octanol–water partition coefficient (Wildman–Crippen LogP) is 0.632. The fourth-order valence-corrected chi connectivity index (χ4v) is 3.53. The maximum absolute atomic E-state index is 12.5. The van der Waals surface area contributed by atoms with Crippen molar-refractivity contribution in [2.45, 2.75) is 11.8 Å². The van der Waals surface area contributed by atoms with Crippen LogP contribution in [0.2, 0.25) is 5.02 Å². The number of methoxy groups -OCH3 is 1. The Bertz CT molecular complexity index is 555. The van der Waals surface area contributed by atoms with E-state index in [9.17, 15) is 8.42 Å². The zero-order valence-corrected chi connectivity index (χ0v) is 12.9. The molecule has 0 aliphatic rings. The molecule has 0 fully saturated rings. The standard InChI is InChI=1S/C12H18ClNO5S/c1-9-7-11(19-2)12(8-10(9)13)20(17,18)14(3-5-15)4-6-16/h7-8,15-16H,3-6H2,1-2H3. The average Bonchev–Trinajstić information content (AvgIpc) is 2.41. The quantitative estimate of drug-likeness (QED) is 0.768. The first kappa shape index (κ1) is 17.2. The summed E-state index contributed by atoms with van der Waals surface area (Å²) >= 11 is 5.97. The molecule has 0 bridgehead atoms. The van der Waals surface area contributed by atoms with Gasteiger partial charge in [-0.2, -0.15) is 4.31 Å². The number of aliphatic hydroxyl groups is 2. The highest BCUT2D eigenvalue weighted by atomic mass is 35.5. The molecule has 0 unspecified atom stereocenters. The normalized spacial score (nSPS) is 11.9. The summed E-state index contributed by atoms with van der Waals surface area (Å²) in [6.45, 7) is 0.817. The largest absolute Gasteiger partial charge is 0.495 e. The lowest BCUT2D eigenvalue weighted by Crippen LogP contribution is -2.36. The molecule has 0 aromatic heterocycles. The van der Waals surface area contributed by atoms with E-state index < -0.39 is 10.0 Å². The van der Waals surface area contributed by atoms with E-state index in [1.54, 1.807) is 6.92 Å². The number of hydrogen-bond acceptors (Lipinski definition) is 5. The molecule has 0 aliphatic heterocycles. The summed E-state index contributed by atoms with van der Waals surface area (Å²) in [4.78, 5) is -0.0856. The second kappa shape index (κ2) is 7.24. The van der Waals surface area contributed by atoms with Crippen LogP contribution in [0, 0.1) is 6.92 Å². The molecule has 0 atom stereocenters. The van der Waals surface area contributed by atoms with Crippen molar-refractivity contribution < 1.29 is 23.4 Å². The number of aliphatic hydroxyl groups excluding tert-OH is 2. The fraction of sp³-hybridized carbons (Fsp3) is 0.500. The third-order valence-electron chi connectivity index (χ3n) is 2.76. The molecule has 114 valence electrons. The van der Waals surface area contributed by atoms with Crippen molar-refractivity contribution in [2.75, 3.05) is 33.4 Å². The Kier molecular flexibility index (Phi) is 6.22. The molecule has 6 nitrogen and oxygen atoms in total. The molecule has 0 aliphatic carbocycles. The summed E-state index contributed by atoms with van der Waals surface area (Å²) in [5, 5.41) is 18.2. The molecule has 8 heteroatoms. The Labute approximate surface area is 123 Å². The SMILES string of the molecule is COc1cc(C)c(Cl)cc1S(=O)(=O)N(CCO)CCO. The monoisotopic (exact) mass is 323 g/mol. The lowest BCUT2D eigenvalue weighted by Gasteiger charge is -2.22. The summed E-state index contributed by atoms with van der Waals surface area (Å²) in [5.74, 6) is 0.174. The summed E-state index contributed by atoms with van der Waals surface area (Å²) in [7, 11) is -2.54. The van der Waals surface area contributed by atoms with Gasteiger partial charge in [-0.1, -0.05) is 11.6 Å². The van der Waals surface area contributed by atoms with Crippen molar-refractivity contribution in [1.29, 1.82) is 0 Å². The van der Waals surface area contributed by atoms with Gasteiger partial charge in [0.05, 0.1) is 20.3 Å². The van der Waals surface area contributed by atoms with Crippen LogP contribution in [0.3, 0.4) is 0 Å². The fourth-order valence-electron chi connectivity index (χ4n) is 1.71. The Morgan fingerprint density at radius 2 is 1.80 bits per heavy atom. The zero-order valence-electron chi connectivity index (χ0n) is 11.3. The molecule has 0 saturated carbocycles. The van der Waals surface area contributed by atoms with Crippen molar-refractivity contribution >= 4 is 21.6 Å². The molecule has 1 rings (SSSR count). The van der Waals surface area contributed by atoms with Crippen molar-refractivity contribution in [3.05, 3.63) is 22.7 Å². The van der Waals surface area contributed by atoms with Crippen molar-refractivity contribution in [2.24, 2.45) is 0 Å². The summed E-state index contributed by atoms with van der Waals surface area (Å²) in [6, 6.07) is 2.85. The van der Waals surface area contributed by atoms with E-state index in [1.807, 2.05) is 0 Å².